The SMILES string of the molecule is COc1ccc(C(=O)c2ncc(C(F)(F)F)cc2-c2ccccc2OC)cc1. The van der Waals surface area contributed by atoms with Gasteiger partial charge in [0.1, 0.15) is 17.2 Å². The third-order valence-corrected chi connectivity index (χ3v) is 4.18. The lowest BCUT2D eigenvalue weighted by molar-refractivity contribution is -0.137. The van der Waals surface area contributed by atoms with Crippen molar-refractivity contribution in [1.29, 1.82) is 0 Å². The van der Waals surface area contributed by atoms with Gasteiger partial charge in [0.25, 0.3) is 0 Å². The van der Waals surface area contributed by atoms with Crippen LogP contribution in [-0.4, -0.2) is 25.0 Å². The Bertz CT molecular complexity index is 999. The Morgan fingerprint density at radius 2 is 1.61 bits per heavy atom. The number of ether oxygens (including phenoxy) is 2. The zero-order valence-corrected chi connectivity index (χ0v) is 15.1. The van der Waals surface area contributed by atoms with E-state index in [1.165, 1.54) is 26.4 Å². The van der Waals surface area contributed by atoms with Crippen molar-refractivity contribution in [1.82, 2.24) is 4.98 Å². The lowest BCUT2D eigenvalue weighted by Crippen LogP contribution is -2.11. The molecule has 3 rings (SSSR count). The Labute approximate surface area is 159 Å². The molecule has 0 radical (unpaired) electrons. The number of carbonyl (C=O) groups is 1. The molecule has 28 heavy (non-hydrogen) atoms. The standard InChI is InChI=1S/C21H16F3NO3/c1-27-15-9-7-13(8-10-15)20(26)19-17(11-14(12-25-19)21(22,23)24)16-5-3-4-6-18(16)28-2/h3-12H,1-2H3. The first-order valence-corrected chi connectivity index (χ1v) is 8.24. The minimum Gasteiger partial charge on any atom is -0.497 e. The predicted molar refractivity (Wildman–Crippen MR) is 97.7 cm³/mol. The molecular weight excluding hydrogens is 371 g/mol. The molecular formula is C21H16F3NO3. The molecule has 0 fully saturated rings. The van der Waals surface area contributed by atoms with Crippen molar-refractivity contribution in [3.05, 3.63) is 77.6 Å². The molecule has 0 amide bonds. The van der Waals surface area contributed by atoms with Crippen LogP contribution in [0.15, 0.2) is 60.8 Å². The first-order valence-electron chi connectivity index (χ1n) is 8.24. The third-order valence-electron chi connectivity index (χ3n) is 4.18. The van der Waals surface area contributed by atoms with E-state index < -0.39 is 17.5 Å². The Balaban J connectivity index is 2.18. The second-order valence-corrected chi connectivity index (χ2v) is 5.88. The number of carbonyl (C=O) groups excluding carboxylic acids is 1. The number of alkyl halides is 3. The number of hydrogen-bond acceptors (Lipinski definition) is 4. The van der Waals surface area contributed by atoms with Crippen molar-refractivity contribution in [2.75, 3.05) is 14.2 Å². The number of methoxy groups -OCH3 is 2. The van der Waals surface area contributed by atoms with Crippen molar-refractivity contribution in [2.45, 2.75) is 6.18 Å². The normalized spacial score (nSPS) is 11.2. The molecule has 0 saturated carbocycles. The number of rotatable bonds is 5. The van der Waals surface area contributed by atoms with E-state index in [2.05, 4.69) is 4.98 Å². The van der Waals surface area contributed by atoms with Gasteiger partial charge in [-0.2, -0.15) is 13.2 Å². The van der Waals surface area contributed by atoms with E-state index >= 15 is 0 Å². The van der Waals surface area contributed by atoms with Crippen molar-refractivity contribution in [3.63, 3.8) is 0 Å². The summed E-state index contributed by atoms with van der Waals surface area (Å²) in [5.74, 6) is 0.395. The maximum absolute atomic E-state index is 13.2. The Kier molecular flexibility index (Phi) is 5.35. The van der Waals surface area contributed by atoms with Crippen LogP contribution in [0, 0.1) is 0 Å². The minimum atomic E-state index is -4.59. The maximum atomic E-state index is 13.2. The van der Waals surface area contributed by atoms with E-state index in [9.17, 15) is 18.0 Å². The van der Waals surface area contributed by atoms with E-state index in [1.54, 1.807) is 36.4 Å². The number of hydrogen-bond donors (Lipinski definition) is 0. The Hall–Kier alpha value is -3.35. The molecule has 0 aliphatic heterocycles. The zero-order valence-electron chi connectivity index (χ0n) is 15.1. The summed E-state index contributed by atoms with van der Waals surface area (Å²) in [4.78, 5) is 16.8. The fourth-order valence-corrected chi connectivity index (χ4v) is 2.75. The van der Waals surface area contributed by atoms with E-state index in [-0.39, 0.29) is 16.8 Å². The van der Waals surface area contributed by atoms with Crippen LogP contribution in [0.3, 0.4) is 0 Å². The predicted octanol–water partition coefficient (Wildman–Crippen LogP) is 5.02. The van der Waals surface area contributed by atoms with Gasteiger partial charge in [-0.05, 0) is 36.4 Å². The first kappa shape index (κ1) is 19.4. The number of nitrogens with zero attached hydrogens (tertiary/aromatic N) is 1. The molecule has 0 unspecified atom stereocenters. The topological polar surface area (TPSA) is 48.4 Å². The van der Waals surface area contributed by atoms with E-state index in [4.69, 9.17) is 9.47 Å². The molecule has 0 aliphatic rings. The lowest BCUT2D eigenvalue weighted by Gasteiger charge is -2.15. The van der Waals surface area contributed by atoms with Gasteiger partial charge in [0.2, 0.25) is 5.78 Å². The van der Waals surface area contributed by atoms with Gasteiger partial charge in [0, 0.05) is 22.9 Å². The van der Waals surface area contributed by atoms with Crippen LogP contribution in [0.5, 0.6) is 11.5 Å². The van der Waals surface area contributed by atoms with E-state index in [1.807, 2.05) is 0 Å². The fourth-order valence-electron chi connectivity index (χ4n) is 2.75. The number of pyridine rings is 1. The largest absolute Gasteiger partial charge is 0.497 e. The second kappa shape index (κ2) is 7.72. The zero-order chi connectivity index (χ0) is 20.3. The highest BCUT2D eigenvalue weighted by molar-refractivity contribution is 6.11. The molecule has 0 N–H and O–H groups in total. The van der Waals surface area contributed by atoms with Crippen molar-refractivity contribution in [2.24, 2.45) is 0 Å². The number of ketones is 1. The molecule has 0 aliphatic carbocycles. The van der Waals surface area contributed by atoms with Gasteiger partial charge in [0.15, 0.2) is 0 Å². The second-order valence-electron chi connectivity index (χ2n) is 5.88. The van der Waals surface area contributed by atoms with Gasteiger partial charge in [-0.1, -0.05) is 18.2 Å². The minimum absolute atomic E-state index is 0.0492. The molecule has 0 saturated heterocycles. The summed E-state index contributed by atoms with van der Waals surface area (Å²) in [6.45, 7) is 0. The monoisotopic (exact) mass is 387 g/mol. The van der Waals surface area contributed by atoms with Crippen LogP contribution in [0.4, 0.5) is 13.2 Å². The van der Waals surface area contributed by atoms with Crippen molar-refractivity contribution < 1.29 is 27.4 Å². The molecule has 3 aromatic rings. The van der Waals surface area contributed by atoms with Gasteiger partial charge >= 0.3 is 6.18 Å². The number of halogens is 3. The highest BCUT2D eigenvalue weighted by Crippen LogP contribution is 2.37. The van der Waals surface area contributed by atoms with Gasteiger partial charge in [0.05, 0.1) is 19.8 Å². The van der Waals surface area contributed by atoms with Gasteiger partial charge < -0.3 is 9.47 Å². The molecule has 7 heteroatoms. The van der Waals surface area contributed by atoms with E-state index in [0.29, 0.717) is 23.3 Å². The summed E-state index contributed by atoms with van der Waals surface area (Å²) in [5, 5.41) is 0. The van der Waals surface area contributed by atoms with Crippen molar-refractivity contribution >= 4 is 5.78 Å². The molecule has 0 atom stereocenters. The molecule has 144 valence electrons. The van der Waals surface area contributed by atoms with Gasteiger partial charge in [-0.25, -0.2) is 0 Å². The average molecular weight is 387 g/mol. The first-order chi connectivity index (χ1) is 13.3. The average Bonchev–Trinajstić information content (AvgIpc) is 2.72. The van der Waals surface area contributed by atoms with Crippen LogP contribution in [0.1, 0.15) is 21.6 Å². The highest BCUT2D eigenvalue weighted by Gasteiger charge is 2.33. The number of para-hydroxylation sites is 1. The molecule has 4 nitrogen and oxygen atoms in total. The lowest BCUT2D eigenvalue weighted by atomic mass is 9.96. The van der Waals surface area contributed by atoms with Gasteiger partial charge in [-0.3, -0.25) is 9.78 Å². The summed E-state index contributed by atoms with van der Waals surface area (Å²) in [5.41, 5.74) is -0.361. The van der Waals surface area contributed by atoms with Crippen LogP contribution in [0.25, 0.3) is 11.1 Å². The van der Waals surface area contributed by atoms with Crippen LogP contribution >= 0.6 is 0 Å². The van der Waals surface area contributed by atoms with Crippen LogP contribution in [-0.2, 0) is 6.18 Å². The molecule has 1 heterocycles. The molecule has 1 aromatic heterocycles. The van der Waals surface area contributed by atoms with Gasteiger partial charge in [-0.15, -0.1) is 0 Å². The Morgan fingerprint density at radius 3 is 2.21 bits per heavy atom. The summed E-state index contributed by atoms with van der Waals surface area (Å²) in [6.07, 6.45) is -3.93. The van der Waals surface area contributed by atoms with Crippen LogP contribution in [0.2, 0.25) is 0 Å². The maximum Gasteiger partial charge on any atom is 0.417 e. The third kappa shape index (κ3) is 3.83. The van der Waals surface area contributed by atoms with Crippen molar-refractivity contribution in [3.8, 4) is 22.6 Å². The smallest absolute Gasteiger partial charge is 0.417 e. The summed E-state index contributed by atoms with van der Waals surface area (Å²) >= 11 is 0. The van der Waals surface area contributed by atoms with Crippen LogP contribution < -0.4 is 9.47 Å². The fraction of sp³-hybridized carbons (Fsp3) is 0.143. The Morgan fingerprint density at radius 1 is 0.929 bits per heavy atom. The quantitative estimate of drug-likeness (QED) is 0.577. The molecule has 0 bridgehead atoms. The number of benzene rings is 2. The molecule has 0 spiro atoms. The number of aromatic nitrogens is 1. The van der Waals surface area contributed by atoms with E-state index in [0.717, 1.165) is 6.07 Å². The molecule has 2 aromatic carbocycles. The summed E-state index contributed by atoms with van der Waals surface area (Å²) in [7, 11) is 2.90. The summed E-state index contributed by atoms with van der Waals surface area (Å²) in [6, 6.07) is 13.7. The summed E-state index contributed by atoms with van der Waals surface area (Å²) < 4.78 is 50.0. The highest BCUT2D eigenvalue weighted by atomic mass is 19.4.